The topological polar surface area (TPSA) is 35.6 Å². The van der Waals surface area contributed by atoms with Crippen LogP contribution in [0.2, 0.25) is 5.02 Å². The van der Waals surface area contributed by atoms with Gasteiger partial charge in [-0.25, -0.2) is 0 Å². The summed E-state index contributed by atoms with van der Waals surface area (Å²) >= 11 is 6.04. The third-order valence-electron chi connectivity index (χ3n) is 4.14. The Balaban J connectivity index is 1.41. The lowest BCUT2D eigenvalue weighted by molar-refractivity contribution is -0.121. The summed E-state index contributed by atoms with van der Waals surface area (Å²) in [5, 5.41) is 3.83. The van der Waals surface area contributed by atoms with Crippen molar-refractivity contribution in [3.63, 3.8) is 0 Å². The molecule has 1 aromatic rings. The lowest BCUT2D eigenvalue weighted by Crippen LogP contribution is -2.47. The number of anilines is 1. The molecule has 1 amide bonds. The maximum absolute atomic E-state index is 11.7. The molecule has 4 nitrogen and oxygen atoms in total. The van der Waals surface area contributed by atoms with E-state index in [4.69, 9.17) is 11.6 Å². The van der Waals surface area contributed by atoms with Crippen LogP contribution in [0.4, 0.5) is 5.69 Å². The number of nitrogens with zero attached hydrogens (tertiary/aromatic N) is 2. The Kier molecular flexibility index (Phi) is 4.66. The van der Waals surface area contributed by atoms with Crippen LogP contribution in [0, 0.1) is 0 Å². The van der Waals surface area contributed by atoms with Crippen molar-refractivity contribution in [2.45, 2.75) is 25.3 Å². The molecule has 5 heteroatoms. The van der Waals surface area contributed by atoms with Crippen LogP contribution in [0.15, 0.2) is 24.3 Å². The molecular weight excluding hydrogens is 286 g/mol. The van der Waals surface area contributed by atoms with Crippen LogP contribution < -0.4 is 10.2 Å². The van der Waals surface area contributed by atoms with Gasteiger partial charge >= 0.3 is 0 Å². The first-order valence-electron chi connectivity index (χ1n) is 7.73. The van der Waals surface area contributed by atoms with Crippen LogP contribution in [-0.2, 0) is 4.79 Å². The maximum Gasteiger partial charge on any atom is 0.221 e. The summed E-state index contributed by atoms with van der Waals surface area (Å²) in [5.41, 5.74) is 1.19. The molecule has 1 aliphatic heterocycles. The van der Waals surface area contributed by atoms with Crippen molar-refractivity contribution in [3.8, 4) is 0 Å². The zero-order valence-electron chi connectivity index (χ0n) is 12.2. The van der Waals surface area contributed by atoms with Crippen LogP contribution in [-0.4, -0.2) is 49.6 Å². The van der Waals surface area contributed by atoms with E-state index in [1.165, 1.54) is 5.69 Å². The molecule has 114 valence electrons. The molecule has 1 aliphatic carbocycles. The first-order valence-corrected chi connectivity index (χ1v) is 8.11. The van der Waals surface area contributed by atoms with E-state index in [-0.39, 0.29) is 5.91 Å². The Morgan fingerprint density at radius 1 is 1.24 bits per heavy atom. The number of hydrogen-bond donors (Lipinski definition) is 1. The number of carbonyl (C=O) groups excluding carboxylic acids is 1. The summed E-state index contributed by atoms with van der Waals surface area (Å²) in [5.74, 6) is 0.203. The Hall–Kier alpha value is -1.26. The molecule has 21 heavy (non-hydrogen) atoms. The van der Waals surface area contributed by atoms with Crippen molar-refractivity contribution in [2.24, 2.45) is 0 Å². The normalized spacial score (nSPS) is 19.6. The van der Waals surface area contributed by atoms with Gasteiger partial charge in [-0.3, -0.25) is 9.69 Å². The monoisotopic (exact) mass is 307 g/mol. The van der Waals surface area contributed by atoms with Crippen LogP contribution >= 0.6 is 11.6 Å². The highest BCUT2D eigenvalue weighted by Crippen LogP contribution is 2.21. The minimum absolute atomic E-state index is 0.203. The molecule has 0 atom stereocenters. The van der Waals surface area contributed by atoms with Crippen molar-refractivity contribution < 1.29 is 4.79 Å². The van der Waals surface area contributed by atoms with Gasteiger partial charge in [0.2, 0.25) is 5.91 Å². The van der Waals surface area contributed by atoms with Gasteiger partial charge < -0.3 is 10.2 Å². The van der Waals surface area contributed by atoms with Gasteiger partial charge in [0.15, 0.2) is 0 Å². The Bertz CT molecular complexity index is 496. The van der Waals surface area contributed by atoms with Crippen molar-refractivity contribution in [2.75, 3.05) is 37.6 Å². The summed E-state index contributed by atoms with van der Waals surface area (Å²) in [6.07, 6.45) is 2.93. The van der Waals surface area contributed by atoms with Crippen LogP contribution in [0.3, 0.4) is 0 Å². The van der Waals surface area contributed by atoms with Gasteiger partial charge in [-0.15, -0.1) is 0 Å². The fraction of sp³-hybridized carbons (Fsp3) is 0.562. The van der Waals surface area contributed by atoms with E-state index in [1.54, 1.807) is 0 Å². The number of amides is 1. The Morgan fingerprint density at radius 2 is 2.00 bits per heavy atom. The lowest BCUT2D eigenvalue weighted by Gasteiger charge is -2.36. The third-order valence-corrected chi connectivity index (χ3v) is 4.38. The van der Waals surface area contributed by atoms with E-state index >= 15 is 0 Å². The number of benzene rings is 1. The van der Waals surface area contributed by atoms with Gasteiger partial charge in [-0.05, 0) is 31.0 Å². The molecule has 1 N–H and O–H groups in total. The minimum Gasteiger partial charge on any atom is -0.369 e. The van der Waals surface area contributed by atoms with E-state index < -0.39 is 0 Å². The zero-order chi connectivity index (χ0) is 14.7. The van der Waals surface area contributed by atoms with Gasteiger partial charge in [-0.1, -0.05) is 17.7 Å². The van der Waals surface area contributed by atoms with Crippen LogP contribution in [0.5, 0.6) is 0 Å². The number of carbonyl (C=O) groups is 1. The van der Waals surface area contributed by atoms with E-state index in [2.05, 4.69) is 21.2 Å². The maximum atomic E-state index is 11.7. The van der Waals surface area contributed by atoms with Crippen molar-refractivity contribution in [3.05, 3.63) is 29.3 Å². The molecule has 1 heterocycles. The summed E-state index contributed by atoms with van der Waals surface area (Å²) in [7, 11) is 0. The number of nitrogens with one attached hydrogen (secondary N) is 1. The van der Waals surface area contributed by atoms with E-state index in [9.17, 15) is 4.79 Å². The predicted octanol–water partition coefficient (Wildman–Crippen LogP) is 2.13. The highest BCUT2D eigenvalue weighted by molar-refractivity contribution is 6.30. The summed E-state index contributed by atoms with van der Waals surface area (Å²) in [6, 6.07) is 8.48. The molecule has 3 rings (SSSR count). The van der Waals surface area contributed by atoms with E-state index in [1.807, 2.05) is 18.2 Å². The summed E-state index contributed by atoms with van der Waals surface area (Å²) in [4.78, 5) is 16.4. The fourth-order valence-electron chi connectivity index (χ4n) is 2.69. The van der Waals surface area contributed by atoms with Crippen molar-refractivity contribution >= 4 is 23.2 Å². The van der Waals surface area contributed by atoms with Gasteiger partial charge in [0.1, 0.15) is 0 Å². The Morgan fingerprint density at radius 3 is 2.67 bits per heavy atom. The predicted molar refractivity (Wildman–Crippen MR) is 85.9 cm³/mol. The number of hydrogen-bond acceptors (Lipinski definition) is 3. The molecular formula is C16H22ClN3O. The Labute approximate surface area is 131 Å². The molecule has 0 aromatic heterocycles. The molecule has 1 aromatic carbocycles. The quantitative estimate of drug-likeness (QED) is 0.905. The van der Waals surface area contributed by atoms with Gasteiger partial charge in [-0.2, -0.15) is 0 Å². The van der Waals surface area contributed by atoms with E-state index in [0.29, 0.717) is 12.5 Å². The molecule has 2 aliphatic rings. The van der Waals surface area contributed by atoms with Gasteiger partial charge in [0.25, 0.3) is 0 Å². The number of piperazine rings is 1. The van der Waals surface area contributed by atoms with E-state index in [0.717, 1.165) is 50.6 Å². The third kappa shape index (κ3) is 4.35. The second-order valence-corrected chi connectivity index (χ2v) is 6.34. The van der Waals surface area contributed by atoms with Crippen molar-refractivity contribution in [1.29, 1.82) is 0 Å². The standard InChI is InChI=1S/C16H22ClN3O/c17-13-2-1-3-15(12-13)20-10-8-19(9-11-20)7-6-16(21)18-14-4-5-14/h1-3,12,14H,4-11H2,(H,18,21). The second-order valence-electron chi connectivity index (χ2n) is 5.90. The molecule has 0 radical (unpaired) electrons. The first-order chi connectivity index (χ1) is 10.2. The molecule has 1 saturated carbocycles. The number of rotatable bonds is 5. The molecule has 0 spiro atoms. The van der Waals surface area contributed by atoms with Crippen LogP contribution in [0.25, 0.3) is 0 Å². The fourth-order valence-corrected chi connectivity index (χ4v) is 2.87. The average Bonchev–Trinajstić information content (AvgIpc) is 3.30. The molecule has 0 bridgehead atoms. The van der Waals surface area contributed by atoms with Gasteiger partial charge in [0.05, 0.1) is 0 Å². The summed E-state index contributed by atoms with van der Waals surface area (Å²) < 4.78 is 0. The SMILES string of the molecule is O=C(CCN1CCN(c2cccc(Cl)c2)CC1)NC1CC1. The highest BCUT2D eigenvalue weighted by atomic mass is 35.5. The smallest absolute Gasteiger partial charge is 0.221 e. The number of halogens is 1. The van der Waals surface area contributed by atoms with Gasteiger partial charge in [0, 0.05) is 55.9 Å². The average molecular weight is 308 g/mol. The highest BCUT2D eigenvalue weighted by Gasteiger charge is 2.23. The van der Waals surface area contributed by atoms with Crippen molar-refractivity contribution in [1.82, 2.24) is 10.2 Å². The first kappa shape index (κ1) is 14.7. The lowest BCUT2D eigenvalue weighted by atomic mass is 10.2. The molecule has 1 saturated heterocycles. The minimum atomic E-state index is 0.203. The summed E-state index contributed by atoms with van der Waals surface area (Å²) in [6.45, 7) is 4.85. The van der Waals surface area contributed by atoms with Crippen LogP contribution in [0.1, 0.15) is 19.3 Å². The largest absolute Gasteiger partial charge is 0.369 e. The molecule has 0 unspecified atom stereocenters. The second kappa shape index (κ2) is 6.67. The zero-order valence-corrected chi connectivity index (χ0v) is 13.0. The molecule has 2 fully saturated rings.